The average molecular weight is 319 g/mol. The number of esters is 1. The van der Waals surface area contributed by atoms with Crippen LogP contribution in [-0.2, 0) is 9.53 Å². The molecular formula is C19H36NaO2. The Bertz CT molecular complexity index is 242. The van der Waals surface area contributed by atoms with E-state index < -0.39 is 0 Å². The fourth-order valence-electron chi connectivity index (χ4n) is 2.53. The summed E-state index contributed by atoms with van der Waals surface area (Å²) < 4.78 is 4.94. The van der Waals surface area contributed by atoms with Crippen molar-refractivity contribution < 1.29 is 9.53 Å². The minimum absolute atomic E-state index is 0. The van der Waals surface area contributed by atoms with Crippen molar-refractivity contribution in [1.82, 2.24) is 0 Å². The van der Waals surface area contributed by atoms with Crippen molar-refractivity contribution >= 4 is 35.5 Å². The van der Waals surface area contributed by atoms with Gasteiger partial charge in [0.05, 0.1) is 6.61 Å². The summed E-state index contributed by atoms with van der Waals surface area (Å²) >= 11 is 0. The zero-order chi connectivity index (χ0) is 15.6. The van der Waals surface area contributed by atoms with Gasteiger partial charge in [-0.15, -0.1) is 0 Å². The summed E-state index contributed by atoms with van der Waals surface area (Å²) in [5.41, 5.74) is 0. The Balaban J connectivity index is 0. The number of ether oxygens (including phenoxy) is 1. The van der Waals surface area contributed by atoms with E-state index in [1.807, 2.05) is 0 Å². The van der Waals surface area contributed by atoms with Crippen LogP contribution in [0.15, 0.2) is 12.7 Å². The van der Waals surface area contributed by atoms with Crippen LogP contribution in [0.3, 0.4) is 0 Å². The third kappa shape index (κ3) is 20.2. The van der Waals surface area contributed by atoms with E-state index in [4.69, 9.17) is 4.74 Å². The summed E-state index contributed by atoms with van der Waals surface area (Å²) in [6, 6.07) is 0. The molecule has 0 spiro atoms. The molecule has 125 valence electrons. The van der Waals surface area contributed by atoms with Gasteiger partial charge in [-0.05, 0) is 6.42 Å². The van der Waals surface area contributed by atoms with Gasteiger partial charge in [-0.2, -0.15) is 0 Å². The zero-order valence-electron chi connectivity index (χ0n) is 15.2. The van der Waals surface area contributed by atoms with Crippen LogP contribution >= 0.6 is 0 Å². The smallest absolute Gasteiger partial charge is 0.330 e. The van der Waals surface area contributed by atoms with Gasteiger partial charge in [0, 0.05) is 35.6 Å². The molecule has 1 radical (unpaired) electrons. The van der Waals surface area contributed by atoms with Crippen molar-refractivity contribution in [3.05, 3.63) is 12.7 Å². The Morgan fingerprint density at radius 1 is 0.773 bits per heavy atom. The van der Waals surface area contributed by atoms with E-state index in [9.17, 15) is 4.79 Å². The van der Waals surface area contributed by atoms with Gasteiger partial charge in [-0.3, -0.25) is 0 Å². The van der Waals surface area contributed by atoms with Gasteiger partial charge < -0.3 is 4.74 Å². The van der Waals surface area contributed by atoms with Gasteiger partial charge in [0.2, 0.25) is 0 Å². The van der Waals surface area contributed by atoms with Gasteiger partial charge in [-0.1, -0.05) is 97.0 Å². The quantitative estimate of drug-likeness (QED) is 0.155. The Morgan fingerprint density at radius 2 is 1.14 bits per heavy atom. The molecule has 22 heavy (non-hydrogen) atoms. The van der Waals surface area contributed by atoms with Gasteiger partial charge in [-0.25, -0.2) is 4.79 Å². The molecule has 0 rings (SSSR count). The zero-order valence-corrected chi connectivity index (χ0v) is 17.2. The van der Waals surface area contributed by atoms with E-state index in [1.165, 1.54) is 89.5 Å². The SMILES string of the molecule is C=CC(=O)OCCCCCCCCCCCCCCCC.[Na]. The maximum absolute atomic E-state index is 10.8. The van der Waals surface area contributed by atoms with Crippen LogP contribution < -0.4 is 0 Å². The van der Waals surface area contributed by atoms with Crippen molar-refractivity contribution in [2.75, 3.05) is 6.61 Å². The van der Waals surface area contributed by atoms with Crippen LogP contribution in [0, 0.1) is 0 Å². The second kappa shape index (κ2) is 21.2. The summed E-state index contributed by atoms with van der Waals surface area (Å²) in [4.78, 5) is 10.8. The maximum Gasteiger partial charge on any atom is 0.330 e. The maximum atomic E-state index is 10.8. The number of carbonyl (C=O) groups excluding carboxylic acids is 1. The van der Waals surface area contributed by atoms with E-state index in [0.717, 1.165) is 6.42 Å². The summed E-state index contributed by atoms with van der Waals surface area (Å²) in [5.74, 6) is -0.301. The fraction of sp³-hybridized carbons (Fsp3) is 0.842. The normalized spacial score (nSPS) is 10.0. The standard InChI is InChI=1S/C19H36O2.Na/c1-3-5-6-7-8-9-10-11-12-13-14-15-16-17-18-21-19(20)4-2;/h4H,2-3,5-18H2,1H3;. The average Bonchev–Trinajstić information content (AvgIpc) is 2.50. The summed E-state index contributed by atoms with van der Waals surface area (Å²) in [7, 11) is 0. The van der Waals surface area contributed by atoms with Crippen molar-refractivity contribution in [3.8, 4) is 0 Å². The Labute approximate surface area is 160 Å². The summed E-state index contributed by atoms with van der Waals surface area (Å²) in [5, 5.41) is 0. The largest absolute Gasteiger partial charge is 0.463 e. The van der Waals surface area contributed by atoms with Crippen molar-refractivity contribution in [3.63, 3.8) is 0 Å². The Kier molecular flexibility index (Phi) is 23.6. The van der Waals surface area contributed by atoms with E-state index in [1.54, 1.807) is 0 Å². The molecule has 0 unspecified atom stereocenters. The number of rotatable bonds is 16. The topological polar surface area (TPSA) is 26.3 Å². The molecule has 0 aromatic rings. The molecule has 0 aliphatic carbocycles. The first-order valence-electron chi connectivity index (χ1n) is 9.10. The number of unbranched alkanes of at least 4 members (excludes halogenated alkanes) is 13. The third-order valence-electron chi connectivity index (χ3n) is 3.91. The van der Waals surface area contributed by atoms with Gasteiger partial charge in [0.25, 0.3) is 0 Å². The molecule has 3 heteroatoms. The van der Waals surface area contributed by atoms with E-state index >= 15 is 0 Å². The minimum atomic E-state index is -0.301. The minimum Gasteiger partial charge on any atom is -0.463 e. The third-order valence-corrected chi connectivity index (χ3v) is 3.91. The van der Waals surface area contributed by atoms with Crippen molar-refractivity contribution in [1.29, 1.82) is 0 Å². The molecule has 0 saturated heterocycles. The van der Waals surface area contributed by atoms with Crippen molar-refractivity contribution in [2.24, 2.45) is 0 Å². The first kappa shape index (κ1) is 24.5. The molecule has 0 heterocycles. The molecule has 0 aromatic carbocycles. The number of carbonyl (C=O) groups is 1. The monoisotopic (exact) mass is 319 g/mol. The van der Waals surface area contributed by atoms with Crippen LogP contribution in [-0.4, -0.2) is 42.1 Å². The van der Waals surface area contributed by atoms with E-state index in [-0.39, 0.29) is 35.5 Å². The van der Waals surface area contributed by atoms with E-state index in [0.29, 0.717) is 6.61 Å². The van der Waals surface area contributed by atoms with Gasteiger partial charge in [0.1, 0.15) is 0 Å². The summed E-state index contributed by atoms with van der Waals surface area (Å²) in [6.45, 7) is 6.19. The second-order valence-electron chi connectivity index (χ2n) is 5.97. The first-order chi connectivity index (χ1) is 10.3. The molecule has 0 fully saturated rings. The molecule has 0 amide bonds. The van der Waals surface area contributed by atoms with Crippen LogP contribution in [0.2, 0.25) is 0 Å². The van der Waals surface area contributed by atoms with Crippen LogP contribution in [0.25, 0.3) is 0 Å². The molecule has 0 atom stereocenters. The predicted octanol–water partition coefficient (Wildman–Crippen LogP) is 5.82. The van der Waals surface area contributed by atoms with Gasteiger partial charge >= 0.3 is 5.97 Å². The molecule has 2 nitrogen and oxygen atoms in total. The Morgan fingerprint density at radius 3 is 1.50 bits per heavy atom. The van der Waals surface area contributed by atoms with Crippen molar-refractivity contribution in [2.45, 2.75) is 96.8 Å². The molecule has 0 aliphatic heterocycles. The van der Waals surface area contributed by atoms with Crippen LogP contribution in [0.1, 0.15) is 96.8 Å². The molecule has 0 saturated carbocycles. The molecular weight excluding hydrogens is 283 g/mol. The molecule has 0 N–H and O–H groups in total. The summed E-state index contributed by atoms with van der Waals surface area (Å²) in [6.07, 6.45) is 20.0. The second-order valence-corrected chi connectivity index (χ2v) is 5.97. The van der Waals surface area contributed by atoms with E-state index in [2.05, 4.69) is 13.5 Å². The molecule has 0 aromatic heterocycles. The van der Waals surface area contributed by atoms with Gasteiger partial charge in [0.15, 0.2) is 0 Å². The fourth-order valence-corrected chi connectivity index (χ4v) is 2.53. The molecule has 0 bridgehead atoms. The molecule has 0 aliphatic rings. The Hall–Kier alpha value is 0.210. The number of hydrogen-bond acceptors (Lipinski definition) is 2. The number of hydrogen-bond donors (Lipinski definition) is 0. The van der Waals surface area contributed by atoms with Crippen LogP contribution in [0.5, 0.6) is 0 Å². The predicted molar refractivity (Wildman–Crippen MR) is 97.2 cm³/mol. The first-order valence-corrected chi connectivity index (χ1v) is 9.10. The van der Waals surface area contributed by atoms with Crippen LogP contribution in [0.4, 0.5) is 0 Å².